The Morgan fingerprint density at radius 1 is 1.47 bits per heavy atom. The normalized spacial score (nSPS) is 12.3. The second kappa shape index (κ2) is 7.33. The zero-order valence-corrected chi connectivity index (χ0v) is 10.8. The van der Waals surface area contributed by atoms with E-state index in [0.29, 0.717) is 17.7 Å². The molecule has 1 atom stereocenters. The standard InChI is InChI=1S/C14H18N2O3/c1-2-4-12(15)14(19)16-11-6-3-5-10(9-11)7-8-13(17)18/h3,5-9,12H,2,4,15H2,1H3,(H,16,19)(H,17,18)/b8-7+/t12-/m1/s1. The number of nitrogens with two attached hydrogens (primary N) is 1. The van der Waals surface area contributed by atoms with E-state index in [4.69, 9.17) is 10.8 Å². The lowest BCUT2D eigenvalue weighted by Crippen LogP contribution is -2.35. The molecule has 0 aliphatic heterocycles. The molecule has 0 saturated heterocycles. The van der Waals surface area contributed by atoms with Gasteiger partial charge in [0.1, 0.15) is 0 Å². The van der Waals surface area contributed by atoms with Crippen molar-refractivity contribution < 1.29 is 14.7 Å². The van der Waals surface area contributed by atoms with Gasteiger partial charge in [-0.2, -0.15) is 0 Å². The number of aliphatic carboxylic acids is 1. The molecule has 0 fully saturated rings. The van der Waals surface area contributed by atoms with Crippen LogP contribution >= 0.6 is 0 Å². The van der Waals surface area contributed by atoms with Gasteiger partial charge in [0, 0.05) is 11.8 Å². The molecule has 0 aromatic heterocycles. The Balaban J connectivity index is 2.72. The van der Waals surface area contributed by atoms with Gasteiger partial charge in [0.05, 0.1) is 6.04 Å². The number of nitrogens with one attached hydrogen (secondary N) is 1. The maximum absolute atomic E-state index is 11.7. The lowest BCUT2D eigenvalue weighted by Gasteiger charge is -2.11. The minimum atomic E-state index is -1.01. The number of rotatable bonds is 6. The van der Waals surface area contributed by atoms with Crippen molar-refractivity contribution in [2.24, 2.45) is 5.73 Å². The number of carbonyl (C=O) groups is 2. The molecule has 1 aromatic rings. The topological polar surface area (TPSA) is 92.4 Å². The summed E-state index contributed by atoms with van der Waals surface area (Å²) < 4.78 is 0. The highest BCUT2D eigenvalue weighted by Crippen LogP contribution is 2.12. The summed E-state index contributed by atoms with van der Waals surface area (Å²) in [6, 6.07) is 6.39. The van der Waals surface area contributed by atoms with Crippen molar-refractivity contribution in [3.8, 4) is 0 Å². The van der Waals surface area contributed by atoms with Gasteiger partial charge < -0.3 is 16.2 Å². The molecule has 102 valence electrons. The zero-order valence-electron chi connectivity index (χ0n) is 10.8. The zero-order chi connectivity index (χ0) is 14.3. The van der Waals surface area contributed by atoms with E-state index in [1.807, 2.05) is 6.92 Å². The first-order chi connectivity index (χ1) is 9.02. The first-order valence-corrected chi connectivity index (χ1v) is 6.10. The molecule has 0 aliphatic carbocycles. The van der Waals surface area contributed by atoms with E-state index in [9.17, 15) is 9.59 Å². The fraction of sp³-hybridized carbons (Fsp3) is 0.286. The number of benzene rings is 1. The van der Waals surface area contributed by atoms with Crippen LogP contribution in [0, 0.1) is 0 Å². The number of hydrogen-bond donors (Lipinski definition) is 3. The summed E-state index contributed by atoms with van der Waals surface area (Å²) in [7, 11) is 0. The second-order valence-electron chi connectivity index (χ2n) is 4.18. The third-order valence-corrected chi connectivity index (χ3v) is 2.51. The van der Waals surface area contributed by atoms with Crippen LogP contribution in [0.2, 0.25) is 0 Å². The summed E-state index contributed by atoms with van der Waals surface area (Å²) in [5, 5.41) is 11.3. The van der Waals surface area contributed by atoms with Crippen LogP contribution in [0.3, 0.4) is 0 Å². The van der Waals surface area contributed by atoms with Crippen LogP contribution in [-0.4, -0.2) is 23.0 Å². The molecule has 5 nitrogen and oxygen atoms in total. The van der Waals surface area contributed by atoms with E-state index in [1.54, 1.807) is 24.3 Å². The highest BCUT2D eigenvalue weighted by Gasteiger charge is 2.11. The number of anilines is 1. The summed E-state index contributed by atoms with van der Waals surface area (Å²) in [5.74, 6) is -1.25. The Morgan fingerprint density at radius 3 is 2.84 bits per heavy atom. The predicted molar refractivity (Wildman–Crippen MR) is 74.6 cm³/mol. The van der Waals surface area contributed by atoms with E-state index >= 15 is 0 Å². The van der Waals surface area contributed by atoms with Crippen LogP contribution < -0.4 is 11.1 Å². The van der Waals surface area contributed by atoms with Crippen molar-refractivity contribution in [2.45, 2.75) is 25.8 Å². The molecule has 0 heterocycles. The lowest BCUT2D eigenvalue weighted by molar-refractivity contribution is -0.131. The molecule has 0 bridgehead atoms. The largest absolute Gasteiger partial charge is 0.478 e. The van der Waals surface area contributed by atoms with Crippen molar-refractivity contribution in [3.63, 3.8) is 0 Å². The van der Waals surface area contributed by atoms with Crippen LogP contribution in [0.25, 0.3) is 6.08 Å². The summed E-state index contributed by atoms with van der Waals surface area (Å²) >= 11 is 0. The van der Waals surface area contributed by atoms with Crippen molar-refractivity contribution in [3.05, 3.63) is 35.9 Å². The number of carboxylic acid groups (broad SMARTS) is 1. The van der Waals surface area contributed by atoms with E-state index in [1.165, 1.54) is 6.08 Å². The van der Waals surface area contributed by atoms with Gasteiger partial charge in [0.15, 0.2) is 0 Å². The quantitative estimate of drug-likeness (QED) is 0.682. The van der Waals surface area contributed by atoms with E-state index in [2.05, 4.69) is 5.32 Å². The van der Waals surface area contributed by atoms with Gasteiger partial charge in [-0.05, 0) is 30.2 Å². The van der Waals surface area contributed by atoms with Crippen LogP contribution in [0.4, 0.5) is 5.69 Å². The summed E-state index contributed by atoms with van der Waals surface area (Å²) in [5.41, 5.74) is 7.01. The van der Waals surface area contributed by atoms with Crippen LogP contribution in [-0.2, 0) is 9.59 Å². The van der Waals surface area contributed by atoms with Gasteiger partial charge in [-0.15, -0.1) is 0 Å². The predicted octanol–water partition coefficient (Wildman–Crippen LogP) is 1.85. The monoisotopic (exact) mass is 262 g/mol. The molecule has 0 aliphatic rings. The van der Waals surface area contributed by atoms with E-state index < -0.39 is 12.0 Å². The van der Waals surface area contributed by atoms with Crippen molar-refractivity contribution in [1.29, 1.82) is 0 Å². The van der Waals surface area contributed by atoms with Crippen molar-refractivity contribution >= 4 is 23.6 Å². The molecule has 0 spiro atoms. The molecule has 19 heavy (non-hydrogen) atoms. The van der Waals surface area contributed by atoms with Crippen molar-refractivity contribution in [1.82, 2.24) is 0 Å². The summed E-state index contributed by atoms with van der Waals surface area (Å²) in [6.45, 7) is 1.96. The second-order valence-corrected chi connectivity index (χ2v) is 4.18. The fourth-order valence-corrected chi connectivity index (χ4v) is 1.56. The third-order valence-electron chi connectivity index (χ3n) is 2.51. The van der Waals surface area contributed by atoms with Gasteiger partial charge in [-0.3, -0.25) is 4.79 Å². The maximum Gasteiger partial charge on any atom is 0.328 e. The van der Waals surface area contributed by atoms with Crippen LogP contribution in [0.15, 0.2) is 30.3 Å². The number of carbonyl (C=O) groups excluding carboxylic acids is 1. The molecule has 1 amide bonds. The smallest absolute Gasteiger partial charge is 0.328 e. The van der Waals surface area contributed by atoms with E-state index in [0.717, 1.165) is 12.5 Å². The third kappa shape index (κ3) is 5.35. The van der Waals surface area contributed by atoms with Gasteiger partial charge in [0.25, 0.3) is 0 Å². The maximum atomic E-state index is 11.7. The van der Waals surface area contributed by atoms with Gasteiger partial charge in [-0.1, -0.05) is 25.5 Å². The first-order valence-electron chi connectivity index (χ1n) is 6.10. The fourth-order valence-electron chi connectivity index (χ4n) is 1.56. The SMILES string of the molecule is CCC[C@@H](N)C(=O)Nc1cccc(/C=C/C(=O)O)c1. The summed E-state index contributed by atoms with van der Waals surface area (Å²) in [6.07, 6.45) is 3.98. The number of carboxylic acids is 1. The molecular formula is C14H18N2O3. The van der Waals surface area contributed by atoms with Crippen LogP contribution in [0.1, 0.15) is 25.3 Å². The Hall–Kier alpha value is -2.14. The molecule has 1 rings (SSSR count). The van der Waals surface area contributed by atoms with Gasteiger partial charge >= 0.3 is 5.97 Å². The molecule has 1 aromatic carbocycles. The van der Waals surface area contributed by atoms with Crippen LogP contribution in [0.5, 0.6) is 0 Å². The van der Waals surface area contributed by atoms with E-state index in [-0.39, 0.29) is 5.91 Å². The molecule has 0 saturated carbocycles. The highest BCUT2D eigenvalue weighted by molar-refractivity contribution is 5.95. The van der Waals surface area contributed by atoms with Gasteiger partial charge in [-0.25, -0.2) is 4.79 Å². The average molecular weight is 262 g/mol. The lowest BCUT2D eigenvalue weighted by atomic mass is 10.1. The van der Waals surface area contributed by atoms with Crippen molar-refractivity contribution in [2.75, 3.05) is 5.32 Å². The minimum absolute atomic E-state index is 0.235. The number of amides is 1. The molecule has 5 heteroatoms. The Kier molecular flexibility index (Phi) is 5.75. The average Bonchev–Trinajstić information content (AvgIpc) is 2.37. The summed E-state index contributed by atoms with van der Waals surface area (Å²) in [4.78, 5) is 22.2. The van der Waals surface area contributed by atoms with Gasteiger partial charge in [0.2, 0.25) is 5.91 Å². The Morgan fingerprint density at radius 2 is 2.21 bits per heavy atom. The molecule has 4 N–H and O–H groups in total. The first kappa shape index (κ1) is 14.9. The number of hydrogen-bond acceptors (Lipinski definition) is 3. The molecular weight excluding hydrogens is 244 g/mol. The minimum Gasteiger partial charge on any atom is -0.478 e. The molecule has 0 radical (unpaired) electrons. The molecule has 0 unspecified atom stereocenters. The Bertz CT molecular complexity index is 483. The highest BCUT2D eigenvalue weighted by atomic mass is 16.4. The Labute approximate surface area is 112 Å².